The van der Waals surface area contributed by atoms with Gasteiger partial charge in [-0.1, -0.05) is 31.9 Å². The molecule has 6 nitrogen and oxygen atoms in total. The Labute approximate surface area is 148 Å². The molecule has 1 heterocycles. The van der Waals surface area contributed by atoms with E-state index >= 15 is 0 Å². The van der Waals surface area contributed by atoms with E-state index < -0.39 is 16.1 Å². The van der Waals surface area contributed by atoms with Gasteiger partial charge in [0.2, 0.25) is 15.9 Å². The zero-order valence-corrected chi connectivity index (χ0v) is 15.6. The van der Waals surface area contributed by atoms with Crippen LogP contribution in [0.25, 0.3) is 0 Å². The number of halogens is 1. The summed E-state index contributed by atoms with van der Waals surface area (Å²) in [5.74, 6) is 0.00113. The average Bonchev–Trinajstić information content (AvgIpc) is 2.60. The third-order valence-electron chi connectivity index (χ3n) is 4.54. The van der Waals surface area contributed by atoms with E-state index in [1.165, 1.54) is 16.4 Å². The fourth-order valence-corrected chi connectivity index (χ4v) is 4.16. The zero-order valence-electron chi connectivity index (χ0n) is 14.0. The zero-order chi connectivity index (χ0) is 17.9. The van der Waals surface area contributed by atoms with Gasteiger partial charge in [-0.3, -0.25) is 4.79 Å². The fraction of sp³-hybridized carbons (Fsp3) is 0.562. The lowest BCUT2D eigenvalue weighted by Gasteiger charge is -2.36. The summed E-state index contributed by atoms with van der Waals surface area (Å²) in [5, 5.41) is 0.489. The first-order valence-electron chi connectivity index (χ1n) is 8.07. The summed E-state index contributed by atoms with van der Waals surface area (Å²) >= 11 is 5.80. The van der Waals surface area contributed by atoms with Crippen molar-refractivity contribution < 1.29 is 13.2 Å². The molecule has 1 saturated heterocycles. The minimum Gasteiger partial charge on any atom is -0.339 e. The molecule has 8 heteroatoms. The van der Waals surface area contributed by atoms with E-state index in [2.05, 4.69) is 0 Å². The maximum atomic E-state index is 12.6. The molecule has 0 radical (unpaired) electrons. The number of rotatable bonds is 5. The Hall–Kier alpha value is -1.15. The summed E-state index contributed by atoms with van der Waals surface area (Å²) in [6.45, 7) is 5.19. The van der Waals surface area contributed by atoms with Gasteiger partial charge in [-0.15, -0.1) is 0 Å². The van der Waals surface area contributed by atoms with Crippen molar-refractivity contribution in [3.8, 4) is 0 Å². The van der Waals surface area contributed by atoms with Crippen LogP contribution in [0.1, 0.15) is 20.3 Å². The van der Waals surface area contributed by atoms with Crippen LogP contribution in [0.2, 0.25) is 5.02 Å². The Kier molecular flexibility index (Phi) is 6.25. The lowest BCUT2D eigenvalue weighted by molar-refractivity contribution is -0.134. The molecule has 2 unspecified atom stereocenters. The van der Waals surface area contributed by atoms with Crippen LogP contribution in [-0.4, -0.2) is 55.8 Å². The molecule has 0 saturated carbocycles. The average molecular weight is 374 g/mol. The lowest BCUT2D eigenvalue weighted by Crippen LogP contribution is -2.55. The largest absolute Gasteiger partial charge is 0.339 e. The van der Waals surface area contributed by atoms with Gasteiger partial charge in [-0.05, 0) is 30.2 Å². The molecule has 1 aliphatic heterocycles. The van der Waals surface area contributed by atoms with Crippen molar-refractivity contribution in [2.75, 3.05) is 26.2 Å². The minimum absolute atomic E-state index is 0.104. The number of sulfonamides is 1. The number of benzene rings is 1. The Morgan fingerprint density at radius 2 is 1.75 bits per heavy atom. The normalized spacial score (nSPS) is 19.1. The van der Waals surface area contributed by atoms with E-state index in [-0.39, 0.29) is 29.8 Å². The second kappa shape index (κ2) is 7.82. The molecule has 24 heavy (non-hydrogen) atoms. The van der Waals surface area contributed by atoms with Gasteiger partial charge in [0, 0.05) is 31.2 Å². The van der Waals surface area contributed by atoms with E-state index in [1.54, 1.807) is 17.0 Å². The predicted octanol–water partition coefficient (Wildman–Crippen LogP) is 1.55. The minimum atomic E-state index is -3.56. The first-order valence-corrected chi connectivity index (χ1v) is 9.89. The fourth-order valence-electron chi connectivity index (χ4n) is 2.61. The second-order valence-corrected chi connectivity index (χ2v) is 8.47. The number of amides is 1. The number of carbonyl (C=O) groups is 1. The van der Waals surface area contributed by atoms with Crippen LogP contribution in [0, 0.1) is 5.92 Å². The van der Waals surface area contributed by atoms with Gasteiger partial charge in [-0.2, -0.15) is 4.31 Å². The van der Waals surface area contributed by atoms with Crippen LogP contribution in [0.15, 0.2) is 29.2 Å². The highest BCUT2D eigenvalue weighted by molar-refractivity contribution is 7.89. The molecular formula is C16H24ClN3O3S. The molecule has 0 aliphatic carbocycles. The van der Waals surface area contributed by atoms with Crippen molar-refractivity contribution in [2.24, 2.45) is 11.7 Å². The summed E-state index contributed by atoms with van der Waals surface area (Å²) in [7, 11) is -3.56. The highest BCUT2D eigenvalue weighted by Crippen LogP contribution is 2.20. The van der Waals surface area contributed by atoms with Crippen molar-refractivity contribution in [1.82, 2.24) is 9.21 Å². The van der Waals surface area contributed by atoms with Gasteiger partial charge in [-0.25, -0.2) is 8.42 Å². The molecule has 0 bridgehead atoms. The smallest absolute Gasteiger partial charge is 0.243 e. The predicted molar refractivity (Wildman–Crippen MR) is 94.2 cm³/mol. The summed E-state index contributed by atoms with van der Waals surface area (Å²) in [4.78, 5) is 14.2. The third kappa shape index (κ3) is 4.08. The van der Waals surface area contributed by atoms with Crippen molar-refractivity contribution >= 4 is 27.5 Å². The maximum absolute atomic E-state index is 12.6. The number of nitrogens with two attached hydrogens (primary N) is 1. The molecule has 0 spiro atoms. The number of piperazine rings is 1. The molecule has 1 amide bonds. The van der Waals surface area contributed by atoms with Gasteiger partial charge in [0.25, 0.3) is 0 Å². The third-order valence-corrected chi connectivity index (χ3v) is 6.71. The standard InChI is InChI=1S/C16H24ClN3O3S/c1-3-12(2)15(18)16(21)19-8-10-20(11-9-19)24(22,23)14-6-4-13(17)5-7-14/h4-7,12,15H,3,8-11,18H2,1-2H3. The number of hydrogen-bond donors (Lipinski definition) is 1. The monoisotopic (exact) mass is 373 g/mol. The van der Waals surface area contributed by atoms with Gasteiger partial charge in [0.1, 0.15) is 0 Å². The molecule has 2 atom stereocenters. The molecule has 2 rings (SSSR count). The van der Waals surface area contributed by atoms with E-state index in [1.807, 2.05) is 13.8 Å². The van der Waals surface area contributed by atoms with Crippen LogP contribution in [0.4, 0.5) is 0 Å². The highest BCUT2D eigenvalue weighted by atomic mass is 35.5. The molecule has 1 aromatic carbocycles. The van der Waals surface area contributed by atoms with Crippen LogP contribution in [-0.2, 0) is 14.8 Å². The molecule has 1 aliphatic rings. The summed E-state index contributed by atoms with van der Waals surface area (Å²) in [6.07, 6.45) is 0.831. The molecule has 1 aromatic rings. The van der Waals surface area contributed by atoms with Gasteiger partial charge >= 0.3 is 0 Å². The van der Waals surface area contributed by atoms with Crippen molar-refractivity contribution in [3.63, 3.8) is 0 Å². The molecule has 0 aromatic heterocycles. The molecule has 134 valence electrons. The van der Waals surface area contributed by atoms with Gasteiger partial charge < -0.3 is 10.6 Å². The number of nitrogens with zero attached hydrogens (tertiary/aromatic N) is 2. The van der Waals surface area contributed by atoms with Crippen LogP contribution >= 0.6 is 11.6 Å². The Morgan fingerprint density at radius 3 is 2.25 bits per heavy atom. The lowest BCUT2D eigenvalue weighted by atomic mass is 9.99. The SMILES string of the molecule is CCC(C)C(N)C(=O)N1CCN(S(=O)(=O)c2ccc(Cl)cc2)CC1. The maximum Gasteiger partial charge on any atom is 0.243 e. The summed E-state index contributed by atoms with van der Waals surface area (Å²) in [6, 6.07) is 5.57. The molecule has 1 fully saturated rings. The topological polar surface area (TPSA) is 83.7 Å². The number of carbonyl (C=O) groups excluding carboxylic acids is 1. The van der Waals surface area contributed by atoms with Crippen molar-refractivity contribution in [3.05, 3.63) is 29.3 Å². The Balaban J connectivity index is 2.02. The summed E-state index contributed by atoms with van der Waals surface area (Å²) in [5.41, 5.74) is 5.99. The van der Waals surface area contributed by atoms with E-state index in [4.69, 9.17) is 17.3 Å². The quantitative estimate of drug-likeness (QED) is 0.848. The van der Waals surface area contributed by atoms with Crippen LogP contribution in [0.5, 0.6) is 0 Å². The van der Waals surface area contributed by atoms with Gasteiger partial charge in [0.15, 0.2) is 0 Å². The molecule has 2 N–H and O–H groups in total. The van der Waals surface area contributed by atoms with Crippen LogP contribution < -0.4 is 5.73 Å². The van der Waals surface area contributed by atoms with Gasteiger partial charge in [0.05, 0.1) is 10.9 Å². The Morgan fingerprint density at radius 1 is 1.21 bits per heavy atom. The van der Waals surface area contributed by atoms with E-state index in [0.29, 0.717) is 18.1 Å². The number of hydrogen-bond acceptors (Lipinski definition) is 4. The first-order chi connectivity index (χ1) is 11.3. The summed E-state index contributed by atoms with van der Waals surface area (Å²) < 4.78 is 26.6. The van der Waals surface area contributed by atoms with Crippen LogP contribution in [0.3, 0.4) is 0 Å². The van der Waals surface area contributed by atoms with Crippen molar-refractivity contribution in [2.45, 2.75) is 31.2 Å². The van der Waals surface area contributed by atoms with E-state index in [0.717, 1.165) is 6.42 Å². The highest BCUT2D eigenvalue weighted by Gasteiger charge is 2.32. The first kappa shape index (κ1) is 19.2. The van der Waals surface area contributed by atoms with E-state index in [9.17, 15) is 13.2 Å². The molecular weight excluding hydrogens is 350 g/mol. The second-order valence-electron chi connectivity index (χ2n) is 6.09. The van der Waals surface area contributed by atoms with Crippen molar-refractivity contribution in [1.29, 1.82) is 0 Å². The Bertz CT molecular complexity index is 670.